The van der Waals surface area contributed by atoms with Crippen LogP contribution < -0.4 is 0 Å². The number of rotatable bonds is 3. The lowest BCUT2D eigenvalue weighted by Crippen LogP contribution is -2.49. The molecule has 160 valence electrons. The summed E-state index contributed by atoms with van der Waals surface area (Å²) in [6.07, 6.45) is 6.79. The van der Waals surface area contributed by atoms with Crippen molar-refractivity contribution in [1.29, 1.82) is 0 Å². The first kappa shape index (κ1) is 20.0. The van der Waals surface area contributed by atoms with Crippen LogP contribution in [0.2, 0.25) is 5.02 Å². The van der Waals surface area contributed by atoms with Gasteiger partial charge in [0, 0.05) is 42.3 Å². The third-order valence-electron chi connectivity index (χ3n) is 6.37. The predicted molar refractivity (Wildman–Crippen MR) is 118 cm³/mol. The van der Waals surface area contributed by atoms with Gasteiger partial charge in [0.1, 0.15) is 11.9 Å². The van der Waals surface area contributed by atoms with E-state index in [2.05, 4.69) is 9.97 Å². The Morgan fingerprint density at radius 1 is 1.10 bits per heavy atom. The fourth-order valence-electron chi connectivity index (χ4n) is 4.71. The second-order valence-corrected chi connectivity index (χ2v) is 8.72. The van der Waals surface area contributed by atoms with Crippen LogP contribution in [0.3, 0.4) is 0 Å². The largest absolute Gasteiger partial charge is 0.341 e. The Kier molecular flexibility index (Phi) is 5.36. The molecule has 2 aromatic heterocycles. The fourth-order valence-corrected chi connectivity index (χ4v) is 4.90. The minimum absolute atomic E-state index is 0.0557. The van der Waals surface area contributed by atoms with Gasteiger partial charge in [-0.15, -0.1) is 0 Å². The summed E-state index contributed by atoms with van der Waals surface area (Å²) in [6, 6.07) is 8.44. The quantitative estimate of drug-likeness (QED) is 0.678. The van der Waals surface area contributed by atoms with Gasteiger partial charge < -0.3 is 14.8 Å². The molecule has 0 radical (unpaired) electrons. The normalized spacial score (nSPS) is 19.8. The Morgan fingerprint density at radius 3 is 2.71 bits per heavy atom. The number of nitrogens with zero attached hydrogens (tertiary/aromatic N) is 4. The molecular formula is C23H24ClN5O2. The number of hydrogen-bond acceptors (Lipinski definition) is 4. The van der Waals surface area contributed by atoms with Crippen LogP contribution >= 0.6 is 11.6 Å². The van der Waals surface area contributed by atoms with E-state index >= 15 is 0 Å². The summed E-state index contributed by atoms with van der Waals surface area (Å²) in [5, 5.41) is 0.524. The Balaban J connectivity index is 1.24. The topological polar surface area (TPSA) is 82.2 Å². The van der Waals surface area contributed by atoms with Crippen LogP contribution in [0.5, 0.6) is 0 Å². The van der Waals surface area contributed by atoms with Crippen LogP contribution in [0.15, 0.2) is 42.7 Å². The van der Waals surface area contributed by atoms with E-state index in [4.69, 9.17) is 16.6 Å². The second-order valence-electron chi connectivity index (χ2n) is 8.28. The van der Waals surface area contributed by atoms with Crippen molar-refractivity contribution in [2.45, 2.75) is 37.6 Å². The van der Waals surface area contributed by atoms with Crippen LogP contribution in [-0.4, -0.2) is 62.2 Å². The number of pyridine rings is 1. The summed E-state index contributed by atoms with van der Waals surface area (Å²) >= 11 is 6.05. The number of amides is 2. The van der Waals surface area contributed by atoms with Crippen LogP contribution in [0.4, 0.5) is 0 Å². The number of carbonyl (C=O) groups excluding carboxylic acids is 2. The highest BCUT2D eigenvalue weighted by Gasteiger charge is 2.38. The van der Waals surface area contributed by atoms with Crippen molar-refractivity contribution in [3.8, 4) is 0 Å². The number of benzene rings is 1. The molecule has 1 atom stereocenters. The molecule has 0 bridgehead atoms. The number of imidazole rings is 1. The maximum Gasteiger partial charge on any atom is 0.254 e. The van der Waals surface area contributed by atoms with Crippen molar-refractivity contribution in [3.63, 3.8) is 0 Å². The Hall–Kier alpha value is -2.93. The lowest BCUT2D eigenvalue weighted by Gasteiger charge is -2.35. The number of aromatic nitrogens is 3. The second kappa shape index (κ2) is 8.30. The summed E-state index contributed by atoms with van der Waals surface area (Å²) in [4.78, 5) is 42.1. The van der Waals surface area contributed by atoms with Crippen LogP contribution in [0.25, 0.3) is 11.0 Å². The number of halogens is 1. The highest BCUT2D eigenvalue weighted by Crippen LogP contribution is 2.30. The van der Waals surface area contributed by atoms with E-state index in [1.807, 2.05) is 11.0 Å². The third-order valence-corrected chi connectivity index (χ3v) is 6.60. The van der Waals surface area contributed by atoms with Gasteiger partial charge in [0.05, 0.1) is 17.2 Å². The molecule has 2 aliphatic rings. The molecule has 0 aliphatic carbocycles. The van der Waals surface area contributed by atoms with E-state index in [1.165, 1.54) is 0 Å². The van der Waals surface area contributed by atoms with Crippen LogP contribution in [0.1, 0.15) is 47.8 Å². The maximum atomic E-state index is 13.3. The first-order valence-corrected chi connectivity index (χ1v) is 11.1. The molecule has 7 nitrogen and oxygen atoms in total. The summed E-state index contributed by atoms with van der Waals surface area (Å²) in [5.41, 5.74) is 2.40. The summed E-state index contributed by atoms with van der Waals surface area (Å²) < 4.78 is 0. The number of fused-ring (bicyclic) bond motifs is 1. The van der Waals surface area contributed by atoms with Crippen molar-refractivity contribution >= 4 is 34.4 Å². The molecular weight excluding hydrogens is 414 g/mol. The molecule has 2 aliphatic heterocycles. The van der Waals surface area contributed by atoms with E-state index < -0.39 is 0 Å². The number of carbonyl (C=O) groups is 2. The molecule has 4 heterocycles. The van der Waals surface area contributed by atoms with Crippen molar-refractivity contribution in [2.24, 2.45) is 0 Å². The van der Waals surface area contributed by atoms with Crippen molar-refractivity contribution in [3.05, 3.63) is 59.1 Å². The Labute approximate surface area is 185 Å². The van der Waals surface area contributed by atoms with Gasteiger partial charge in [-0.2, -0.15) is 0 Å². The lowest BCUT2D eigenvalue weighted by atomic mass is 9.95. The van der Waals surface area contributed by atoms with E-state index in [9.17, 15) is 9.59 Å². The predicted octanol–water partition coefficient (Wildman–Crippen LogP) is 3.62. The highest BCUT2D eigenvalue weighted by molar-refractivity contribution is 6.31. The highest BCUT2D eigenvalue weighted by atomic mass is 35.5. The molecule has 0 spiro atoms. The molecule has 3 aromatic rings. The zero-order valence-electron chi connectivity index (χ0n) is 17.1. The number of H-pyrrole nitrogens is 1. The van der Waals surface area contributed by atoms with Gasteiger partial charge in [-0.25, -0.2) is 4.98 Å². The average molecular weight is 438 g/mol. The fraction of sp³-hybridized carbons (Fsp3) is 0.391. The van der Waals surface area contributed by atoms with Gasteiger partial charge in [-0.3, -0.25) is 14.6 Å². The molecule has 0 saturated carbocycles. The van der Waals surface area contributed by atoms with Crippen molar-refractivity contribution in [2.75, 3.05) is 19.6 Å². The number of aromatic amines is 1. The minimum Gasteiger partial charge on any atom is -0.341 e. The molecule has 2 fully saturated rings. The van der Waals surface area contributed by atoms with Gasteiger partial charge in [-0.1, -0.05) is 17.7 Å². The van der Waals surface area contributed by atoms with Crippen molar-refractivity contribution in [1.82, 2.24) is 24.8 Å². The van der Waals surface area contributed by atoms with E-state index in [0.29, 0.717) is 42.6 Å². The number of piperidine rings is 1. The first-order chi connectivity index (χ1) is 15.1. The zero-order valence-corrected chi connectivity index (χ0v) is 17.9. The monoisotopic (exact) mass is 437 g/mol. The average Bonchev–Trinajstić information content (AvgIpc) is 3.45. The molecule has 1 N–H and O–H groups in total. The third kappa shape index (κ3) is 3.90. The molecule has 2 saturated heterocycles. The molecule has 31 heavy (non-hydrogen) atoms. The molecule has 1 aromatic carbocycles. The van der Waals surface area contributed by atoms with Gasteiger partial charge in [-0.05, 0) is 49.9 Å². The molecule has 1 unspecified atom stereocenters. The lowest BCUT2D eigenvalue weighted by molar-refractivity contribution is -0.136. The Morgan fingerprint density at radius 2 is 1.94 bits per heavy atom. The Bertz CT molecular complexity index is 1090. The minimum atomic E-state index is -0.389. The van der Waals surface area contributed by atoms with Crippen LogP contribution in [0, 0.1) is 0 Å². The van der Waals surface area contributed by atoms with E-state index in [-0.39, 0.29) is 17.9 Å². The summed E-state index contributed by atoms with van der Waals surface area (Å²) in [7, 11) is 0. The maximum absolute atomic E-state index is 13.3. The molecule has 8 heteroatoms. The summed E-state index contributed by atoms with van der Waals surface area (Å²) in [5.74, 6) is 1.20. The van der Waals surface area contributed by atoms with Gasteiger partial charge in [0.15, 0.2) is 0 Å². The zero-order chi connectivity index (χ0) is 21.4. The molecule has 5 rings (SSSR count). The standard InChI is InChI=1S/C23H24ClN5O2/c24-17-4-1-3-16(13-17)22(30)29-10-2-5-20(29)23(31)28-11-7-15(8-12-28)21-26-18-6-9-25-14-19(18)27-21/h1,3-4,6,9,13-15,20H,2,5,7-8,10-12H2,(H,26,27). The number of hydrogen-bond donors (Lipinski definition) is 1. The molecule has 2 amide bonds. The first-order valence-electron chi connectivity index (χ1n) is 10.7. The number of likely N-dealkylation sites (tertiary alicyclic amines) is 2. The van der Waals surface area contributed by atoms with E-state index in [0.717, 1.165) is 36.1 Å². The van der Waals surface area contributed by atoms with Gasteiger partial charge in [0.2, 0.25) is 5.91 Å². The van der Waals surface area contributed by atoms with Gasteiger partial charge in [0.25, 0.3) is 5.91 Å². The summed E-state index contributed by atoms with van der Waals surface area (Å²) in [6.45, 7) is 1.95. The van der Waals surface area contributed by atoms with Crippen LogP contribution in [-0.2, 0) is 4.79 Å². The van der Waals surface area contributed by atoms with E-state index in [1.54, 1.807) is 41.6 Å². The SMILES string of the molecule is O=C(C1CCCN1C(=O)c1cccc(Cl)c1)N1CCC(c2nc3ccncc3[nH]2)CC1. The van der Waals surface area contributed by atoms with Crippen molar-refractivity contribution < 1.29 is 9.59 Å². The van der Waals surface area contributed by atoms with Gasteiger partial charge >= 0.3 is 0 Å². The smallest absolute Gasteiger partial charge is 0.254 e. The number of nitrogens with one attached hydrogen (secondary N) is 1.